The summed E-state index contributed by atoms with van der Waals surface area (Å²) in [4.78, 5) is 38.7. The van der Waals surface area contributed by atoms with Crippen molar-refractivity contribution in [1.29, 1.82) is 0 Å². The predicted molar refractivity (Wildman–Crippen MR) is 57.5 cm³/mol. The van der Waals surface area contributed by atoms with Crippen LogP contribution in [0.3, 0.4) is 0 Å². The number of nitrogens with two attached hydrogens (primary N) is 1. The largest absolute Gasteiger partial charge is 0.381 e. The summed E-state index contributed by atoms with van der Waals surface area (Å²) in [6, 6.07) is -0.854. The van der Waals surface area contributed by atoms with Crippen molar-refractivity contribution in [2.75, 3.05) is 13.2 Å². The number of aldehydes is 1. The first-order chi connectivity index (χ1) is 7.26. The highest BCUT2D eigenvalue weighted by molar-refractivity contribution is 7.57. The second-order valence-electron chi connectivity index (χ2n) is 3.02. The summed E-state index contributed by atoms with van der Waals surface area (Å²) >= 11 is 0. The van der Waals surface area contributed by atoms with E-state index in [0.29, 0.717) is 6.29 Å². The average Bonchev–Trinajstić information content (AvgIpc) is 2.20. The Morgan fingerprint density at radius 2 is 2.19 bits per heavy atom. The smallest absolute Gasteiger partial charge is 0.251 e. The molecule has 8 nitrogen and oxygen atoms in total. The van der Waals surface area contributed by atoms with E-state index in [0.717, 1.165) is 0 Å². The quantitative estimate of drug-likeness (QED) is 0.244. The van der Waals surface area contributed by atoms with Gasteiger partial charge in [-0.2, -0.15) is 0 Å². The van der Waals surface area contributed by atoms with Gasteiger partial charge < -0.3 is 35.3 Å². The number of amides is 1. The molecule has 0 aromatic carbocycles. The molecule has 0 bridgehead atoms. The molecule has 0 aliphatic heterocycles. The normalized spacial score (nSPS) is 15.2. The van der Waals surface area contributed by atoms with Gasteiger partial charge in [0, 0.05) is 6.54 Å². The summed E-state index contributed by atoms with van der Waals surface area (Å²) in [6.07, 6.45) is 1.74. The fourth-order valence-corrected chi connectivity index (χ4v) is 1.03. The van der Waals surface area contributed by atoms with Crippen LogP contribution in [-0.2, 0) is 14.1 Å². The fraction of sp³-hybridized carbons (Fsp3) is 0.571. The van der Waals surface area contributed by atoms with Crippen LogP contribution in [0, 0.1) is 0 Å². The zero-order chi connectivity index (χ0) is 12.8. The van der Waals surface area contributed by atoms with Crippen LogP contribution in [0.2, 0.25) is 0 Å². The summed E-state index contributed by atoms with van der Waals surface area (Å²) < 4.78 is 4.34. The van der Waals surface area contributed by atoms with Crippen LogP contribution in [0.1, 0.15) is 0 Å². The van der Waals surface area contributed by atoms with Crippen LogP contribution in [0.15, 0.2) is 0 Å². The van der Waals surface area contributed by atoms with Gasteiger partial charge in [-0.15, -0.1) is 0 Å². The molecule has 0 radical (unpaired) electrons. The molecule has 0 aromatic rings. The van der Waals surface area contributed by atoms with Crippen LogP contribution in [0.4, 0.5) is 0 Å². The number of rotatable bonds is 7. The first-order valence-corrected chi connectivity index (χ1v) is 6.06. The van der Waals surface area contributed by atoms with E-state index in [1.54, 1.807) is 0 Å². The molecule has 94 valence electrons. The lowest BCUT2D eigenvalue weighted by Crippen LogP contribution is -2.43. The first kappa shape index (κ1) is 15.2. The van der Waals surface area contributed by atoms with Gasteiger partial charge in [0.15, 0.2) is 6.10 Å². The third-order valence-electron chi connectivity index (χ3n) is 1.43. The van der Waals surface area contributed by atoms with Gasteiger partial charge in [0.1, 0.15) is 6.29 Å². The number of carbonyl (C=O) groups excluding carboxylic acids is 2. The van der Waals surface area contributed by atoms with E-state index in [-0.39, 0.29) is 6.54 Å². The standard InChI is InChI=1S/C7H15N2O6P/c1-16(13,14)15-4-6(11)7(12)9-2-5(8)3-10/h3,5-6,11,13-14H,1-2,4,8H2,(H,9,12). The Labute approximate surface area is 92.2 Å². The number of hydrogen-bond donors (Lipinski definition) is 5. The summed E-state index contributed by atoms with van der Waals surface area (Å²) in [5.41, 5.74) is 5.18. The second-order valence-corrected chi connectivity index (χ2v) is 4.61. The predicted octanol–water partition coefficient (Wildman–Crippen LogP) is -2.81. The van der Waals surface area contributed by atoms with Crippen molar-refractivity contribution in [3.05, 3.63) is 0 Å². The molecule has 0 aromatic heterocycles. The molecule has 0 spiro atoms. The fourth-order valence-electron chi connectivity index (χ4n) is 0.650. The summed E-state index contributed by atoms with van der Waals surface area (Å²) in [5.74, 6) is -0.828. The van der Waals surface area contributed by atoms with Crippen LogP contribution in [-0.4, -0.2) is 58.7 Å². The maximum atomic E-state index is 11.1. The SMILES string of the molecule is C=P(O)(O)OCC(O)C(=O)NCC(N)C=O. The van der Waals surface area contributed by atoms with Crippen molar-refractivity contribution >= 4 is 26.1 Å². The number of nitrogens with one attached hydrogen (secondary N) is 1. The van der Waals surface area contributed by atoms with E-state index in [9.17, 15) is 9.59 Å². The topological polar surface area (TPSA) is 142 Å². The van der Waals surface area contributed by atoms with Gasteiger partial charge in [-0.1, -0.05) is 0 Å². The molecular weight excluding hydrogens is 239 g/mol. The second kappa shape index (κ2) is 6.74. The minimum absolute atomic E-state index is 0.123. The van der Waals surface area contributed by atoms with E-state index in [1.807, 2.05) is 0 Å². The summed E-state index contributed by atoms with van der Waals surface area (Å²) in [5, 5.41) is 11.3. The van der Waals surface area contributed by atoms with E-state index >= 15 is 0 Å². The molecule has 6 N–H and O–H groups in total. The molecule has 1 amide bonds. The van der Waals surface area contributed by atoms with Gasteiger partial charge in [-0.25, -0.2) is 0 Å². The molecule has 0 saturated carbocycles. The van der Waals surface area contributed by atoms with Gasteiger partial charge in [0.2, 0.25) is 7.57 Å². The average molecular weight is 254 g/mol. The molecule has 0 heterocycles. The first-order valence-electron chi connectivity index (χ1n) is 4.26. The zero-order valence-corrected chi connectivity index (χ0v) is 9.34. The van der Waals surface area contributed by atoms with Crippen molar-refractivity contribution in [2.24, 2.45) is 5.73 Å². The molecule has 9 heteroatoms. The van der Waals surface area contributed by atoms with Crippen LogP contribution in [0.25, 0.3) is 0 Å². The molecule has 0 aliphatic carbocycles. The molecule has 0 saturated heterocycles. The van der Waals surface area contributed by atoms with Crippen LogP contribution in [0.5, 0.6) is 0 Å². The van der Waals surface area contributed by atoms with Gasteiger partial charge in [0.05, 0.1) is 12.6 Å². The molecule has 0 rings (SSSR count). The summed E-state index contributed by atoms with van der Waals surface area (Å²) in [6.45, 7) is -0.727. The number of hydrogen-bond acceptors (Lipinski definition) is 7. The lowest BCUT2D eigenvalue weighted by atomic mass is 10.3. The summed E-state index contributed by atoms with van der Waals surface area (Å²) in [7, 11) is -3.72. The monoisotopic (exact) mass is 254 g/mol. The maximum Gasteiger partial charge on any atom is 0.251 e. The van der Waals surface area contributed by atoms with Gasteiger partial charge in [0.25, 0.3) is 5.91 Å². The molecule has 0 aliphatic rings. The molecular formula is C7H15N2O6P. The van der Waals surface area contributed by atoms with Crippen molar-refractivity contribution < 1.29 is 29.0 Å². The number of carbonyl (C=O) groups is 2. The van der Waals surface area contributed by atoms with E-state index < -0.39 is 32.2 Å². The van der Waals surface area contributed by atoms with E-state index in [4.69, 9.17) is 20.6 Å². The van der Waals surface area contributed by atoms with Gasteiger partial charge in [-0.05, 0) is 6.30 Å². The maximum absolute atomic E-state index is 11.1. The van der Waals surface area contributed by atoms with E-state index in [2.05, 4.69) is 16.1 Å². The molecule has 0 fully saturated rings. The Morgan fingerprint density at radius 3 is 2.62 bits per heavy atom. The van der Waals surface area contributed by atoms with Crippen molar-refractivity contribution in [1.82, 2.24) is 5.32 Å². The van der Waals surface area contributed by atoms with E-state index in [1.165, 1.54) is 0 Å². The minimum Gasteiger partial charge on any atom is -0.381 e. The molecule has 16 heavy (non-hydrogen) atoms. The zero-order valence-electron chi connectivity index (χ0n) is 8.44. The number of aliphatic hydroxyl groups is 1. The lowest BCUT2D eigenvalue weighted by molar-refractivity contribution is -0.130. The Morgan fingerprint density at radius 1 is 1.62 bits per heavy atom. The third-order valence-corrected chi connectivity index (χ3v) is 1.99. The van der Waals surface area contributed by atoms with Crippen molar-refractivity contribution in [3.8, 4) is 0 Å². The highest BCUT2D eigenvalue weighted by Gasteiger charge is 2.18. The highest BCUT2D eigenvalue weighted by Crippen LogP contribution is 2.34. The van der Waals surface area contributed by atoms with Gasteiger partial charge in [-0.3, -0.25) is 4.79 Å². The van der Waals surface area contributed by atoms with Crippen LogP contribution >= 0.6 is 7.57 Å². The Hall–Kier alpha value is -0.760. The van der Waals surface area contributed by atoms with Crippen LogP contribution < -0.4 is 11.1 Å². The Balaban J connectivity index is 3.91. The van der Waals surface area contributed by atoms with Crippen molar-refractivity contribution in [2.45, 2.75) is 12.1 Å². The van der Waals surface area contributed by atoms with Gasteiger partial charge >= 0.3 is 0 Å². The molecule has 2 atom stereocenters. The number of aliphatic hydroxyl groups excluding tert-OH is 1. The Kier molecular flexibility index (Phi) is 6.42. The Bertz CT molecular complexity index is 291. The van der Waals surface area contributed by atoms with Crippen molar-refractivity contribution in [3.63, 3.8) is 0 Å². The lowest BCUT2D eigenvalue weighted by Gasteiger charge is -2.15. The highest BCUT2D eigenvalue weighted by atomic mass is 31.2. The third kappa shape index (κ3) is 7.52. The molecule has 2 unspecified atom stereocenters. The minimum atomic E-state index is -3.72.